The summed E-state index contributed by atoms with van der Waals surface area (Å²) in [5.41, 5.74) is 1.17. The standard InChI is InChI=1S/C12H18N2O/c1-10-2-3-12(14-8-10)15-7-5-11-4-6-13-9-11/h2-3,8,11,13H,4-7,9H2,1H3. The number of aromatic nitrogens is 1. The second-order valence-electron chi connectivity index (χ2n) is 4.17. The lowest BCUT2D eigenvalue weighted by atomic mass is 10.1. The molecule has 15 heavy (non-hydrogen) atoms. The van der Waals surface area contributed by atoms with Crippen LogP contribution in [0, 0.1) is 12.8 Å². The van der Waals surface area contributed by atoms with E-state index in [9.17, 15) is 0 Å². The molecule has 1 aliphatic heterocycles. The maximum atomic E-state index is 5.58. The smallest absolute Gasteiger partial charge is 0.213 e. The molecule has 1 saturated heterocycles. The van der Waals surface area contributed by atoms with Gasteiger partial charge in [0.05, 0.1) is 6.61 Å². The van der Waals surface area contributed by atoms with Crippen molar-refractivity contribution in [3.05, 3.63) is 23.9 Å². The molecule has 0 aliphatic carbocycles. The Balaban J connectivity index is 1.71. The molecule has 2 rings (SSSR count). The topological polar surface area (TPSA) is 34.1 Å². The van der Waals surface area contributed by atoms with E-state index in [0.717, 1.165) is 37.9 Å². The Morgan fingerprint density at radius 2 is 2.47 bits per heavy atom. The Morgan fingerprint density at radius 1 is 1.53 bits per heavy atom. The number of nitrogens with one attached hydrogen (secondary N) is 1. The lowest BCUT2D eigenvalue weighted by Crippen LogP contribution is -2.11. The summed E-state index contributed by atoms with van der Waals surface area (Å²) in [7, 11) is 0. The molecule has 1 N–H and O–H groups in total. The Labute approximate surface area is 90.9 Å². The van der Waals surface area contributed by atoms with E-state index in [0.29, 0.717) is 0 Å². The van der Waals surface area contributed by atoms with E-state index >= 15 is 0 Å². The number of pyridine rings is 1. The van der Waals surface area contributed by atoms with Gasteiger partial charge in [0.25, 0.3) is 0 Å². The monoisotopic (exact) mass is 206 g/mol. The Bertz CT molecular complexity index is 291. The number of rotatable bonds is 4. The van der Waals surface area contributed by atoms with Crippen LogP contribution in [0.1, 0.15) is 18.4 Å². The van der Waals surface area contributed by atoms with E-state index in [-0.39, 0.29) is 0 Å². The number of aryl methyl sites for hydroxylation is 1. The van der Waals surface area contributed by atoms with Crippen molar-refractivity contribution >= 4 is 0 Å². The summed E-state index contributed by atoms with van der Waals surface area (Å²) in [6, 6.07) is 3.96. The molecule has 1 atom stereocenters. The first kappa shape index (κ1) is 10.4. The van der Waals surface area contributed by atoms with Crippen LogP contribution in [0.4, 0.5) is 0 Å². The van der Waals surface area contributed by atoms with Crippen LogP contribution in [0.2, 0.25) is 0 Å². The van der Waals surface area contributed by atoms with Gasteiger partial charge in [-0.2, -0.15) is 0 Å². The highest BCUT2D eigenvalue weighted by atomic mass is 16.5. The van der Waals surface area contributed by atoms with Crippen molar-refractivity contribution in [3.63, 3.8) is 0 Å². The van der Waals surface area contributed by atoms with Crippen molar-refractivity contribution in [1.29, 1.82) is 0 Å². The zero-order chi connectivity index (χ0) is 10.5. The third kappa shape index (κ3) is 3.20. The zero-order valence-electron chi connectivity index (χ0n) is 9.20. The Hall–Kier alpha value is -1.09. The molecule has 82 valence electrons. The van der Waals surface area contributed by atoms with Gasteiger partial charge in [0.2, 0.25) is 5.88 Å². The lowest BCUT2D eigenvalue weighted by molar-refractivity contribution is 0.274. The van der Waals surface area contributed by atoms with Crippen molar-refractivity contribution in [3.8, 4) is 5.88 Å². The molecule has 2 heterocycles. The summed E-state index contributed by atoms with van der Waals surface area (Å²) >= 11 is 0. The summed E-state index contributed by atoms with van der Waals surface area (Å²) in [4.78, 5) is 4.20. The first-order chi connectivity index (χ1) is 7.34. The molecular weight excluding hydrogens is 188 g/mol. The third-order valence-electron chi connectivity index (χ3n) is 2.82. The number of hydrogen-bond acceptors (Lipinski definition) is 3. The van der Waals surface area contributed by atoms with Crippen LogP contribution in [-0.4, -0.2) is 24.7 Å². The first-order valence-corrected chi connectivity index (χ1v) is 5.61. The third-order valence-corrected chi connectivity index (χ3v) is 2.82. The number of nitrogens with zero attached hydrogens (tertiary/aromatic N) is 1. The highest BCUT2D eigenvalue weighted by Crippen LogP contribution is 2.13. The highest BCUT2D eigenvalue weighted by molar-refractivity contribution is 5.16. The van der Waals surface area contributed by atoms with Gasteiger partial charge in [0.1, 0.15) is 0 Å². The van der Waals surface area contributed by atoms with Gasteiger partial charge in [-0.3, -0.25) is 0 Å². The molecule has 0 amide bonds. The van der Waals surface area contributed by atoms with Gasteiger partial charge in [0.15, 0.2) is 0 Å². The van der Waals surface area contributed by atoms with E-state index < -0.39 is 0 Å². The zero-order valence-corrected chi connectivity index (χ0v) is 9.20. The summed E-state index contributed by atoms with van der Waals surface area (Å²) in [5.74, 6) is 1.53. The first-order valence-electron chi connectivity index (χ1n) is 5.61. The predicted octanol–water partition coefficient (Wildman–Crippen LogP) is 1.77. The van der Waals surface area contributed by atoms with Crippen LogP contribution in [-0.2, 0) is 0 Å². The molecule has 0 bridgehead atoms. The van der Waals surface area contributed by atoms with Gasteiger partial charge in [-0.15, -0.1) is 0 Å². The van der Waals surface area contributed by atoms with Gasteiger partial charge in [-0.1, -0.05) is 6.07 Å². The summed E-state index contributed by atoms with van der Waals surface area (Å²) in [6.45, 7) is 5.11. The van der Waals surface area contributed by atoms with E-state index in [4.69, 9.17) is 4.74 Å². The van der Waals surface area contributed by atoms with Crippen molar-refractivity contribution in [2.24, 2.45) is 5.92 Å². The van der Waals surface area contributed by atoms with Gasteiger partial charge in [-0.05, 0) is 44.3 Å². The average molecular weight is 206 g/mol. The molecule has 0 aromatic carbocycles. The van der Waals surface area contributed by atoms with Crippen LogP contribution in [0.5, 0.6) is 5.88 Å². The molecule has 0 saturated carbocycles. The fourth-order valence-corrected chi connectivity index (χ4v) is 1.83. The van der Waals surface area contributed by atoms with Crippen molar-refractivity contribution in [2.45, 2.75) is 19.8 Å². The summed E-state index contributed by atoms with van der Waals surface area (Å²) < 4.78 is 5.58. The molecule has 1 fully saturated rings. The SMILES string of the molecule is Cc1ccc(OCCC2CCNC2)nc1. The van der Waals surface area contributed by atoms with Crippen molar-refractivity contribution in [2.75, 3.05) is 19.7 Å². The van der Waals surface area contributed by atoms with Crippen molar-refractivity contribution < 1.29 is 4.74 Å². The number of ether oxygens (including phenoxy) is 1. The predicted molar refractivity (Wildman–Crippen MR) is 60.1 cm³/mol. The molecule has 0 radical (unpaired) electrons. The van der Waals surface area contributed by atoms with Crippen LogP contribution >= 0.6 is 0 Å². The summed E-state index contributed by atoms with van der Waals surface area (Å²) in [6.07, 6.45) is 4.25. The van der Waals surface area contributed by atoms with Gasteiger partial charge in [-0.25, -0.2) is 4.98 Å². The number of hydrogen-bond donors (Lipinski definition) is 1. The molecule has 1 aromatic heterocycles. The molecule has 3 nitrogen and oxygen atoms in total. The minimum Gasteiger partial charge on any atom is -0.478 e. The van der Waals surface area contributed by atoms with Crippen LogP contribution < -0.4 is 10.1 Å². The minimum atomic E-state index is 0.742. The van der Waals surface area contributed by atoms with Gasteiger partial charge < -0.3 is 10.1 Å². The van der Waals surface area contributed by atoms with E-state index in [1.54, 1.807) is 0 Å². The largest absolute Gasteiger partial charge is 0.478 e. The molecule has 1 aliphatic rings. The fraction of sp³-hybridized carbons (Fsp3) is 0.583. The van der Waals surface area contributed by atoms with Crippen LogP contribution in [0.3, 0.4) is 0 Å². The Morgan fingerprint density at radius 3 is 3.13 bits per heavy atom. The quantitative estimate of drug-likeness (QED) is 0.815. The summed E-state index contributed by atoms with van der Waals surface area (Å²) in [5, 5.41) is 3.36. The van der Waals surface area contributed by atoms with Crippen molar-refractivity contribution in [1.82, 2.24) is 10.3 Å². The normalized spacial score (nSPS) is 20.5. The molecule has 1 aromatic rings. The van der Waals surface area contributed by atoms with E-state index in [1.165, 1.54) is 12.0 Å². The van der Waals surface area contributed by atoms with Gasteiger partial charge >= 0.3 is 0 Å². The second kappa shape index (κ2) is 5.12. The van der Waals surface area contributed by atoms with E-state index in [2.05, 4.69) is 10.3 Å². The second-order valence-corrected chi connectivity index (χ2v) is 4.17. The molecule has 3 heteroatoms. The Kier molecular flexibility index (Phi) is 3.56. The van der Waals surface area contributed by atoms with E-state index in [1.807, 2.05) is 25.3 Å². The van der Waals surface area contributed by atoms with Gasteiger partial charge in [0, 0.05) is 12.3 Å². The van der Waals surface area contributed by atoms with Crippen LogP contribution in [0.15, 0.2) is 18.3 Å². The molecule has 1 unspecified atom stereocenters. The minimum absolute atomic E-state index is 0.742. The maximum Gasteiger partial charge on any atom is 0.213 e. The maximum absolute atomic E-state index is 5.58. The highest BCUT2D eigenvalue weighted by Gasteiger charge is 2.13. The van der Waals surface area contributed by atoms with Crippen LogP contribution in [0.25, 0.3) is 0 Å². The molecular formula is C12H18N2O. The average Bonchev–Trinajstić information content (AvgIpc) is 2.74. The fourth-order valence-electron chi connectivity index (χ4n) is 1.83. The molecule has 0 spiro atoms. The lowest BCUT2D eigenvalue weighted by Gasteiger charge is -2.09.